The van der Waals surface area contributed by atoms with Gasteiger partial charge in [-0.25, -0.2) is 4.79 Å². The Labute approximate surface area is 208 Å². The lowest BCUT2D eigenvalue weighted by Crippen LogP contribution is -2.58. The zero-order chi connectivity index (χ0) is 26.7. The van der Waals surface area contributed by atoms with Crippen LogP contribution in [0.5, 0.6) is 0 Å². The number of ether oxygens (including phenoxy) is 1. The SMILES string of the molecule is COC(=O)[C@H](Cc1ccccc1)NC(=O)[C@@H](NC(=O)[C@H](CC(C)C)NC(=O)[C@H](O)C(C)C)C(C)C. The molecule has 4 N–H and O–H groups in total. The molecule has 4 atom stereocenters. The summed E-state index contributed by atoms with van der Waals surface area (Å²) in [7, 11) is 1.25. The third-order valence-corrected chi connectivity index (χ3v) is 5.57. The van der Waals surface area contributed by atoms with Gasteiger partial charge in [0.2, 0.25) is 17.7 Å². The average Bonchev–Trinajstić information content (AvgIpc) is 2.80. The lowest BCUT2D eigenvalue weighted by molar-refractivity contribution is -0.145. The molecule has 0 bridgehead atoms. The van der Waals surface area contributed by atoms with Crippen molar-refractivity contribution in [3.8, 4) is 0 Å². The predicted octanol–water partition coefficient (Wildman–Crippen LogP) is 1.58. The minimum absolute atomic E-state index is 0.0724. The summed E-state index contributed by atoms with van der Waals surface area (Å²) in [6.45, 7) is 10.8. The van der Waals surface area contributed by atoms with Crippen molar-refractivity contribution in [3.63, 3.8) is 0 Å². The quantitative estimate of drug-likeness (QED) is 0.310. The van der Waals surface area contributed by atoms with Crippen LogP contribution in [0.4, 0.5) is 0 Å². The van der Waals surface area contributed by atoms with Crippen LogP contribution in [0.3, 0.4) is 0 Å². The zero-order valence-electron chi connectivity index (χ0n) is 21.8. The van der Waals surface area contributed by atoms with Gasteiger partial charge >= 0.3 is 5.97 Å². The third kappa shape index (κ3) is 10.1. The summed E-state index contributed by atoms with van der Waals surface area (Å²) in [5.41, 5.74) is 0.844. The average molecular weight is 492 g/mol. The first-order valence-electron chi connectivity index (χ1n) is 12.1. The van der Waals surface area contributed by atoms with Gasteiger partial charge in [0.1, 0.15) is 24.2 Å². The van der Waals surface area contributed by atoms with Gasteiger partial charge in [0.15, 0.2) is 0 Å². The highest BCUT2D eigenvalue weighted by Crippen LogP contribution is 2.11. The summed E-state index contributed by atoms with van der Waals surface area (Å²) in [5.74, 6) is -2.84. The Morgan fingerprint density at radius 3 is 1.86 bits per heavy atom. The Balaban J connectivity index is 3.01. The Morgan fingerprint density at radius 1 is 0.800 bits per heavy atom. The van der Waals surface area contributed by atoms with Crippen molar-refractivity contribution in [1.82, 2.24) is 16.0 Å². The van der Waals surface area contributed by atoms with Gasteiger partial charge in [-0.05, 0) is 29.7 Å². The van der Waals surface area contributed by atoms with Crippen LogP contribution in [0.2, 0.25) is 0 Å². The van der Waals surface area contributed by atoms with E-state index in [-0.39, 0.29) is 24.2 Å². The molecule has 0 aliphatic carbocycles. The number of aliphatic hydroxyl groups is 1. The molecule has 0 heterocycles. The lowest BCUT2D eigenvalue weighted by atomic mass is 9.98. The van der Waals surface area contributed by atoms with Crippen LogP contribution in [-0.4, -0.2) is 60.1 Å². The van der Waals surface area contributed by atoms with E-state index in [9.17, 15) is 24.3 Å². The predicted molar refractivity (Wildman–Crippen MR) is 133 cm³/mol. The van der Waals surface area contributed by atoms with E-state index in [2.05, 4.69) is 16.0 Å². The lowest BCUT2D eigenvalue weighted by Gasteiger charge is -2.28. The van der Waals surface area contributed by atoms with Gasteiger partial charge in [0, 0.05) is 6.42 Å². The van der Waals surface area contributed by atoms with Crippen LogP contribution in [0, 0.1) is 17.8 Å². The Hall–Kier alpha value is -2.94. The number of aliphatic hydroxyl groups excluding tert-OH is 1. The zero-order valence-corrected chi connectivity index (χ0v) is 21.8. The second-order valence-corrected chi connectivity index (χ2v) is 9.88. The van der Waals surface area contributed by atoms with Crippen molar-refractivity contribution in [3.05, 3.63) is 35.9 Å². The molecule has 0 saturated heterocycles. The maximum atomic E-state index is 13.1. The number of carbonyl (C=O) groups excluding carboxylic acids is 4. The van der Waals surface area contributed by atoms with E-state index in [1.54, 1.807) is 27.7 Å². The van der Waals surface area contributed by atoms with E-state index in [0.29, 0.717) is 6.42 Å². The maximum Gasteiger partial charge on any atom is 0.328 e. The molecule has 1 aromatic carbocycles. The molecule has 0 aromatic heterocycles. The second-order valence-electron chi connectivity index (χ2n) is 9.88. The van der Waals surface area contributed by atoms with E-state index in [4.69, 9.17) is 4.74 Å². The van der Waals surface area contributed by atoms with Gasteiger partial charge < -0.3 is 25.8 Å². The number of benzene rings is 1. The van der Waals surface area contributed by atoms with Crippen molar-refractivity contribution in [2.24, 2.45) is 17.8 Å². The molecular formula is C26H41N3O6. The number of esters is 1. The first kappa shape index (κ1) is 30.1. The number of amides is 3. The summed E-state index contributed by atoms with van der Waals surface area (Å²) in [6, 6.07) is 6.40. The van der Waals surface area contributed by atoms with E-state index < -0.39 is 47.9 Å². The van der Waals surface area contributed by atoms with Crippen LogP contribution >= 0.6 is 0 Å². The minimum Gasteiger partial charge on any atom is -0.467 e. The molecular weight excluding hydrogens is 450 g/mol. The highest BCUT2D eigenvalue weighted by atomic mass is 16.5. The molecule has 1 aromatic rings. The number of rotatable bonds is 13. The molecule has 9 heteroatoms. The van der Waals surface area contributed by atoms with Crippen LogP contribution in [0.15, 0.2) is 30.3 Å². The molecule has 35 heavy (non-hydrogen) atoms. The van der Waals surface area contributed by atoms with Crippen molar-refractivity contribution in [2.75, 3.05) is 7.11 Å². The van der Waals surface area contributed by atoms with Crippen molar-refractivity contribution in [1.29, 1.82) is 0 Å². The third-order valence-electron chi connectivity index (χ3n) is 5.57. The minimum atomic E-state index is -1.25. The van der Waals surface area contributed by atoms with Gasteiger partial charge in [-0.15, -0.1) is 0 Å². The van der Waals surface area contributed by atoms with Crippen LogP contribution in [0.1, 0.15) is 53.5 Å². The fraction of sp³-hybridized carbons (Fsp3) is 0.615. The van der Waals surface area contributed by atoms with Gasteiger partial charge in [-0.3, -0.25) is 14.4 Å². The monoisotopic (exact) mass is 491 g/mol. The fourth-order valence-electron chi connectivity index (χ4n) is 3.50. The number of nitrogens with one attached hydrogen (secondary N) is 3. The molecule has 3 amide bonds. The van der Waals surface area contributed by atoms with Crippen molar-refractivity contribution < 1.29 is 29.0 Å². The summed E-state index contributed by atoms with van der Waals surface area (Å²) in [5, 5.41) is 18.1. The highest BCUT2D eigenvalue weighted by molar-refractivity contribution is 5.94. The summed E-state index contributed by atoms with van der Waals surface area (Å²) < 4.78 is 4.86. The van der Waals surface area contributed by atoms with E-state index >= 15 is 0 Å². The van der Waals surface area contributed by atoms with Crippen LogP contribution in [-0.2, 0) is 30.3 Å². The first-order chi connectivity index (χ1) is 16.4. The number of hydrogen-bond donors (Lipinski definition) is 4. The molecule has 196 valence electrons. The van der Waals surface area contributed by atoms with E-state index in [0.717, 1.165) is 5.56 Å². The first-order valence-corrected chi connectivity index (χ1v) is 12.1. The Morgan fingerprint density at radius 2 is 1.37 bits per heavy atom. The molecule has 9 nitrogen and oxygen atoms in total. The molecule has 0 radical (unpaired) electrons. The van der Waals surface area contributed by atoms with Crippen molar-refractivity contribution in [2.45, 2.75) is 78.6 Å². The van der Waals surface area contributed by atoms with Crippen molar-refractivity contribution >= 4 is 23.7 Å². The highest BCUT2D eigenvalue weighted by Gasteiger charge is 2.33. The van der Waals surface area contributed by atoms with Crippen LogP contribution < -0.4 is 16.0 Å². The smallest absolute Gasteiger partial charge is 0.328 e. The summed E-state index contributed by atoms with van der Waals surface area (Å²) in [4.78, 5) is 51.0. The normalized spacial score (nSPS) is 14.7. The number of carbonyl (C=O) groups is 4. The van der Waals surface area contributed by atoms with E-state index in [1.807, 2.05) is 44.2 Å². The standard InChI is InChI=1S/C26H41N3O6/c1-15(2)13-19(27-25(33)22(30)17(5)6)23(31)29-21(16(3)4)24(32)28-20(26(34)35-7)14-18-11-9-8-10-12-18/h8-12,15-17,19-22,30H,13-14H2,1-7H3,(H,27,33)(H,28,32)(H,29,31)/t19-,20-,21-,22+/m0/s1. The molecule has 1 rings (SSSR count). The molecule has 0 spiro atoms. The van der Waals surface area contributed by atoms with Gasteiger partial charge in [0.25, 0.3) is 0 Å². The molecule has 0 saturated carbocycles. The second kappa shape index (κ2) is 14.5. The Bertz CT molecular complexity index is 841. The summed E-state index contributed by atoms with van der Waals surface area (Å²) >= 11 is 0. The number of hydrogen-bond acceptors (Lipinski definition) is 6. The van der Waals surface area contributed by atoms with Gasteiger partial charge in [0.05, 0.1) is 7.11 Å². The van der Waals surface area contributed by atoms with Crippen LogP contribution in [0.25, 0.3) is 0 Å². The molecule has 0 aliphatic rings. The van der Waals surface area contributed by atoms with Gasteiger partial charge in [-0.1, -0.05) is 71.9 Å². The molecule has 0 aliphatic heterocycles. The van der Waals surface area contributed by atoms with E-state index in [1.165, 1.54) is 7.11 Å². The molecule has 0 fully saturated rings. The van der Waals surface area contributed by atoms with Gasteiger partial charge in [-0.2, -0.15) is 0 Å². The largest absolute Gasteiger partial charge is 0.467 e. The maximum absolute atomic E-state index is 13.1. The fourth-order valence-corrected chi connectivity index (χ4v) is 3.50. The molecule has 0 unspecified atom stereocenters. The number of methoxy groups -OCH3 is 1. The topological polar surface area (TPSA) is 134 Å². The Kier molecular flexibility index (Phi) is 12.4. The summed E-state index contributed by atoms with van der Waals surface area (Å²) in [6.07, 6.45) is -0.689.